The maximum atomic E-state index is 15.0. The summed E-state index contributed by atoms with van der Waals surface area (Å²) in [5, 5.41) is 16.1. The summed E-state index contributed by atoms with van der Waals surface area (Å²) in [5.41, 5.74) is 3.85. The molecule has 0 radical (unpaired) electrons. The van der Waals surface area contributed by atoms with E-state index in [2.05, 4.69) is 24.5 Å². The number of anilines is 1. The third-order valence-corrected chi connectivity index (χ3v) is 8.41. The van der Waals surface area contributed by atoms with Crippen LogP contribution in [0.15, 0.2) is 60.7 Å². The van der Waals surface area contributed by atoms with Gasteiger partial charge in [0.25, 0.3) is 5.91 Å². The number of alkyl carbamates (subject to hydrolysis) is 1. The Morgan fingerprint density at radius 3 is 2.13 bits per heavy atom. The lowest BCUT2D eigenvalue weighted by atomic mass is 9.94. The Hall–Kier alpha value is -4.04. The fourth-order valence-corrected chi connectivity index (χ4v) is 5.63. The highest BCUT2D eigenvalue weighted by atomic mass is 35.5. The van der Waals surface area contributed by atoms with Gasteiger partial charge in [-0.15, -0.1) is 0 Å². The number of amides is 3. The number of rotatable bonds is 12. The number of hydrogen-bond acceptors (Lipinski definition) is 5. The van der Waals surface area contributed by atoms with E-state index in [1.54, 1.807) is 43.9 Å². The van der Waals surface area contributed by atoms with E-state index in [0.29, 0.717) is 34.2 Å². The minimum Gasteiger partial charge on any atom is -0.508 e. The van der Waals surface area contributed by atoms with Gasteiger partial charge < -0.3 is 25.4 Å². The minimum atomic E-state index is -1.08. The molecule has 9 heteroatoms. The molecule has 0 spiro atoms. The second-order valence-corrected chi connectivity index (χ2v) is 14.2. The first-order chi connectivity index (χ1) is 22.0. The van der Waals surface area contributed by atoms with E-state index in [9.17, 15) is 19.5 Å². The Balaban J connectivity index is 2.20. The Morgan fingerprint density at radius 2 is 1.55 bits per heavy atom. The average Bonchev–Trinajstić information content (AvgIpc) is 2.97. The number of ether oxygens (including phenoxy) is 1. The van der Waals surface area contributed by atoms with Gasteiger partial charge in [-0.3, -0.25) is 9.59 Å². The van der Waals surface area contributed by atoms with E-state index in [0.717, 1.165) is 23.1 Å². The monoisotopic (exact) mass is 663 g/mol. The lowest BCUT2D eigenvalue weighted by Crippen LogP contribution is -2.55. The summed E-state index contributed by atoms with van der Waals surface area (Å²) < 4.78 is 5.57. The Labute approximate surface area is 284 Å². The molecule has 8 nitrogen and oxygen atoms in total. The van der Waals surface area contributed by atoms with Gasteiger partial charge in [-0.1, -0.05) is 67.9 Å². The fourth-order valence-electron chi connectivity index (χ4n) is 5.36. The van der Waals surface area contributed by atoms with Crippen LogP contribution in [-0.2, 0) is 20.7 Å². The van der Waals surface area contributed by atoms with Crippen molar-refractivity contribution in [3.05, 3.63) is 93.5 Å². The quantitative estimate of drug-likeness (QED) is 0.180. The van der Waals surface area contributed by atoms with Crippen LogP contribution in [0.2, 0.25) is 5.02 Å². The number of para-hydroxylation sites is 1. The molecule has 254 valence electrons. The lowest BCUT2D eigenvalue weighted by molar-refractivity contribution is -0.143. The van der Waals surface area contributed by atoms with Crippen LogP contribution in [0.4, 0.5) is 10.5 Å². The second kappa shape index (κ2) is 16.2. The zero-order valence-corrected chi connectivity index (χ0v) is 29.9. The van der Waals surface area contributed by atoms with Crippen molar-refractivity contribution in [3.8, 4) is 5.75 Å². The predicted molar refractivity (Wildman–Crippen MR) is 189 cm³/mol. The molecule has 3 aromatic rings. The molecule has 0 saturated carbocycles. The molecule has 0 fully saturated rings. The third kappa shape index (κ3) is 10.7. The minimum absolute atomic E-state index is 0.0852. The van der Waals surface area contributed by atoms with Crippen LogP contribution in [-0.4, -0.2) is 45.6 Å². The van der Waals surface area contributed by atoms with Gasteiger partial charge in [-0.05, 0) is 113 Å². The average molecular weight is 664 g/mol. The summed E-state index contributed by atoms with van der Waals surface area (Å²) >= 11 is 6.55. The first-order valence-corrected chi connectivity index (χ1v) is 16.6. The first kappa shape index (κ1) is 37.4. The van der Waals surface area contributed by atoms with Crippen LogP contribution in [0.5, 0.6) is 5.75 Å². The lowest BCUT2D eigenvalue weighted by Gasteiger charge is -2.39. The number of phenols is 1. The standard InChI is InChI=1S/C38H50ClN3O5/c1-23(2)13-15-27(6)42(36(45)32(40-37(46)47-38(7,8)9)22-28-16-19-30(43)20-17-28)34(29-18-14-24(3)26(5)21-29)35(44)41-33-25(4)11-10-12-31(33)39/h10-12,14,16-21,23,27,32,34,43H,13,15,22H2,1-9H3,(H,40,46)(H,41,44). The van der Waals surface area contributed by atoms with Crippen molar-refractivity contribution >= 4 is 35.2 Å². The van der Waals surface area contributed by atoms with Crippen LogP contribution < -0.4 is 10.6 Å². The largest absolute Gasteiger partial charge is 0.508 e. The first-order valence-electron chi connectivity index (χ1n) is 16.2. The summed E-state index contributed by atoms with van der Waals surface area (Å²) in [6, 6.07) is 15.1. The predicted octanol–water partition coefficient (Wildman–Crippen LogP) is 8.44. The molecule has 0 aliphatic carbocycles. The second-order valence-electron chi connectivity index (χ2n) is 13.8. The molecule has 3 rings (SSSR count). The number of carbonyl (C=O) groups excluding carboxylic acids is 3. The molecule has 0 aromatic heterocycles. The molecule has 3 aromatic carbocycles. The number of carbonyl (C=O) groups is 3. The molecular formula is C38H50ClN3O5. The fraction of sp³-hybridized carbons (Fsp3) is 0.447. The summed E-state index contributed by atoms with van der Waals surface area (Å²) in [5.74, 6) is -0.409. The number of phenolic OH excluding ortho intramolecular Hbond substituents is 1. The molecule has 3 N–H and O–H groups in total. The van der Waals surface area contributed by atoms with Gasteiger partial charge >= 0.3 is 6.09 Å². The Kier molecular flexibility index (Phi) is 12.9. The molecule has 3 unspecified atom stereocenters. The highest BCUT2D eigenvalue weighted by molar-refractivity contribution is 6.34. The van der Waals surface area contributed by atoms with Crippen molar-refractivity contribution in [1.29, 1.82) is 0 Å². The SMILES string of the molecule is Cc1ccc(C(C(=O)Nc2c(C)cccc2Cl)N(C(=O)C(Cc2ccc(O)cc2)NC(=O)OC(C)(C)C)C(C)CCC(C)C)cc1C. The van der Waals surface area contributed by atoms with E-state index >= 15 is 0 Å². The van der Waals surface area contributed by atoms with Crippen LogP contribution in [0.1, 0.15) is 88.2 Å². The summed E-state index contributed by atoms with van der Waals surface area (Å²) in [6.45, 7) is 17.2. The molecule has 47 heavy (non-hydrogen) atoms. The van der Waals surface area contributed by atoms with Gasteiger partial charge in [0, 0.05) is 12.5 Å². The number of hydrogen-bond donors (Lipinski definition) is 3. The third-order valence-electron chi connectivity index (χ3n) is 8.10. The van der Waals surface area contributed by atoms with Gasteiger partial charge in [0.1, 0.15) is 23.4 Å². The number of aryl methyl sites for hydroxylation is 3. The number of benzene rings is 3. The molecule has 3 amide bonds. The molecule has 0 aliphatic rings. The number of nitrogens with one attached hydrogen (secondary N) is 2. The van der Waals surface area contributed by atoms with Crippen molar-refractivity contribution in [2.75, 3.05) is 5.32 Å². The number of aromatic hydroxyl groups is 1. The zero-order chi connectivity index (χ0) is 35.1. The van der Waals surface area contributed by atoms with Gasteiger partial charge in [-0.2, -0.15) is 0 Å². The van der Waals surface area contributed by atoms with Crippen LogP contribution in [0.25, 0.3) is 0 Å². The Morgan fingerprint density at radius 1 is 0.894 bits per heavy atom. The maximum Gasteiger partial charge on any atom is 0.408 e. The topological polar surface area (TPSA) is 108 Å². The van der Waals surface area contributed by atoms with E-state index in [4.69, 9.17) is 16.3 Å². The molecule has 0 saturated heterocycles. The van der Waals surface area contributed by atoms with Crippen LogP contribution >= 0.6 is 11.6 Å². The highest BCUT2D eigenvalue weighted by Crippen LogP contribution is 2.32. The molecule has 0 aliphatic heterocycles. The number of halogens is 1. The van der Waals surface area contributed by atoms with Crippen molar-refractivity contribution < 1.29 is 24.2 Å². The smallest absolute Gasteiger partial charge is 0.408 e. The van der Waals surface area contributed by atoms with Crippen molar-refractivity contribution in [3.63, 3.8) is 0 Å². The van der Waals surface area contributed by atoms with Gasteiger partial charge in [0.05, 0.1) is 10.7 Å². The summed E-state index contributed by atoms with van der Waals surface area (Å²) in [6.07, 6.45) is 0.805. The van der Waals surface area contributed by atoms with E-state index in [-0.39, 0.29) is 12.2 Å². The molecule has 0 heterocycles. The maximum absolute atomic E-state index is 15.0. The molecular weight excluding hydrogens is 614 g/mol. The Bertz CT molecular complexity index is 1530. The molecule has 0 bridgehead atoms. The van der Waals surface area contributed by atoms with Gasteiger partial charge in [0.15, 0.2) is 0 Å². The van der Waals surface area contributed by atoms with Crippen molar-refractivity contribution in [2.45, 2.75) is 105 Å². The van der Waals surface area contributed by atoms with Crippen LogP contribution in [0.3, 0.4) is 0 Å². The van der Waals surface area contributed by atoms with Gasteiger partial charge in [0.2, 0.25) is 5.91 Å². The summed E-state index contributed by atoms with van der Waals surface area (Å²) in [4.78, 5) is 44.3. The normalized spacial score (nSPS) is 13.4. The van der Waals surface area contributed by atoms with Gasteiger partial charge in [-0.25, -0.2) is 4.79 Å². The van der Waals surface area contributed by atoms with E-state index < -0.39 is 41.6 Å². The number of nitrogens with zero attached hydrogens (tertiary/aromatic N) is 1. The van der Waals surface area contributed by atoms with Crippen LogP contribution in [0, 0.1) is 26.7 Å². The van der Waals surface area contributed by atoms with E-state index in [1.807, 2.05) is 58.0 Å². The molecule has 3 atom stereocenters. The zero-order valence-electron chi connectivity index (χ0n) is 29.1. The van der Waals surface area contributed by atoms with E-state index in [1.165, 1.54) is 12.1 Å². The van der Waals surface area contributed by atoms with Crippen molar-refractivity contribution in [2.24, 2.45) is 5.92 Å². The summed E-state index contributed by atoms with van der Waals surface area (Å²) in [7, 11) is 0. The van der Waals surface area contributed by atoms with Crippen molar-refractivity contribution in [1.82, 2.24) is 10.2 Å². The highest BCUT2D eigenvalue weighted by Gasteiger charge is 2.39.